The van der Waals surface area contributed by atoms with Gasteiger partial charge in [0.15, 0.2) is 0 Å². The Morgan fingerprint density at radius 2 is 1.52 bits per heavy atom. The number of carbonyl (C=O) groups excluding carboxylic acids is 2. The third-order valence-electron chi connectivity index (χ3n) is 3.28. The summed E-state index contributed by atoms with van der Waals surface area (Å²) in [5, 5.41) is 6.35. The van der Waals surface area contributed by atoms with Crippen molar-refractivity contribution in [2.45, 2.75) is 0 Å². The van der Waals surface area contributed by atoms with Crippen LogP contribution in [0.2, 0.25) is 0 Å². The Bertz CT molecular complexity index is 740. The summed E-state index contributed by atoms with van der Waals surface area (Å²) >= 11 is 0. The largest absolute Gasteiger partial charge is 0.497 e. The van der Waals surface area contributed by atoms with E-state index in [2.05, 4.69) is 15.8 Å². The van der Waals surface area contributed by atoms with E-state index in [0.29, 0.717) is 11.3 Å². The summed E-state index contributed by atoms with van der Waals surface area (Å²) in [6.07, 6.45) is 1.50. The first-order valence-corrected chi connectivity index (χ1v) is 7.50. The Morgan fingerprint density at radius 3 is 2.08 bits per heavy atom. The molecule has 0 unspecified atom stereocenters. The number of carbonyl (C=O) groups is 2. The fourth-order valence-electron chi connectivity index (χ4n) is 1.91. The lowest BCUT2D eigenvalue weighted by Gasteiger charge is -2.05. The fourth-order valence-corrected chi connectivity index (χ4v) is 1.91. The molecule has 2 amide bonds. The average molecular weight is 341 g/mol. The molecule has 0 saturated heterocycles. The van der Waals surface area contributed by atoms with Crippen molar-refractivity contribution in [2.75, 3.05) is 20.8 Å². The third-order valence-corrected chi connectivity index (χ3v) is 3.28. The molecule has 2 aromatic carbocycles. The highest BCUT2D eigenvalue weighted by molar-refractivity contribution is 5.96. The van der Waals surface area contributed by atoms with Crippen molar-refractivity contribution in [3.8, 4) is 11.5 Å². The van der Waals surface area contributed by atoms with E-state index < -0.39 is 5.91 Å². The van der Waals surface area contributed by atoms with Gasteiger partial charge in [-0.2, -0.15) is 5.10 Å². The number of ether oxygens (including phenoxy) is 2. The zero-order chi connectivity index (χ0) is 18.1. The van der Waals surface area contributed by atoms with Gasteiger partial charge in [0.1, 0.15) is 11.5 Å². The van der Waals surface area contributed by atoms with Crippen LogP contribution in [0, 0.1) is 0 Å². The van der Waals surface area contributed by atoms with Crippen LogP contribution in [-0.2, 0) is 4.79 Å². The Hall–Kier alpha value is -3.35. The van der Waals surface area contributed by atoms with Gasteiger partial charge >= 0.3 is 0 Å². The van der Waals surface area contributed by atoms with Gasteiger partial charge in [0, 0.05) is 5.56 Å². The molecule has 0 fully saturated rings. The van der Waals surface area contributed by atoms with Crippen LogP contribution in [0.4, 0.5) is 0 Å². The van der Waals surface area contributed by atoms with Gasteiger partial charge in [0.25, 0.3) is 11.8 Å². The summed E-state index contributed by atoms with van der Waals surface area (Å²) in [7, 11) is 3.13. The van der Waals surface area contributed by atoms with Crippen LogP contribution in [-0.4, -0.2) is 38.8 Å². The van der Waals surface area contributed by atoms with Gasteiger partial charge in [-0.25, -0.2) is 5.43 Å². The first kappa shape index (κ1) is 18.0. The molecule has 7 nitrogen and oxygen atoms in total. The minimum atomic E-state index is -0.424. The maximum atomic E-state index is 11.9. The number of hydrazone groups is 1. The van der Waals surface area contributed by atoms with Crippen LogP contribution < -0.4 is 20.2 Å². The standard InChI is InChI=1S/C18H19N3O4/c1-24-15-7-3-13(4-8-15)11-20-21-17(22)12-19-18(23)14-5-9-16(25-2)10-6-14/h3-11H,12H2,1-2H3,(H,19,23)(H,21,22)/b20-11-. The predicted molar refractivity (Wildman–Crippen MR) is 94.1 cm³/mol. The highest BCUT2D eigenvalue weighted by Gasteiger charge is 2.07. The SMILES string of the molecule is COc1ccc(/C=N\NC(=O)CNC(=O)c2ccc(OC)cc2)cc1. The predicted octanol–water partition coefficient (Wildman–Crippen LogP) is 1.58. The van der Waals surface area contributed by atoms with Crippen molar-refractivity contribution >= 4 is 18.0 Å². The molecule has 2 aromatic rings. The molecule has 7 heteroatoms. The summed E-state index contributed by atoms with van der Waals surface area (Å²) in [5.74, 6) is 0.619. The minimum absolute atomic E-state index is 0.176. The van der Waals surface area contributed by atoms with E-state index in [-0.39, 0.29) is 12.5 Å². The molecule has 0 atom stereocenters. The van der Waals surface area contributed by atoms with Gasteiger partial charge in [0.2, 0.25) is 0 Å². The van der Waals surface area contributed by atoms with Crippen molar-refractivity contribution in [3.63, 3.8) is 0 Å². The number of rotatable bonds is 7. The van der Waals surface area contributed by atoms with Gasteiger partial charge in [-0.3, -0.25) is 9.59 Å². The Balaban J connectivity index is 1.77. The number of nitrogens with zero attached hydrogens (tertiary/aromatic N) is 1. The molecule has 0 heterocycles. The van der Waals surface area contributed by atoms with Crippen molar-refractivity contribution < 1.29 is 19.1 Å². The number of amides is 2. The monoisotopic (exact) mass is 341 g/mol. The van der Waals surface area contributed by atoms with Crippen molar-refractivity contribution in [1.29, 1.82) is 0 Å². The van der Waals surface area contributed by atoms with Gasteiger partial charge in [-0.05, 0) is 54.1 Å². The highest BCUT2D eigenvalue weighted by atomic mass is 16.5. The second-order valence-corrected chi connectivity index (χ2v) is 4.98. The summed E-state index contributed by atoms with van der Waals surface area (Å²) in [6, 6.07) is 13.8. The zero-order valence-electron chi connectivity index (χ0n) is 14.0. The van der Waals surface area contributed by atoms with Crippen LogP contribution in [0.3, 0.4) is 0 Å². The normalized spacial score (nSPS) is 10.3. The molecule has 0 aliphatic heterocycles. The maximum absolute atomic E-state index is 11.9. The smallest absolute Gasteiger partial charge is 0.259 e. The minimum Gasteiger partial charge on any atom is -0.497 e. The second kappa shape index (κ2) is 9.07. The summed E-state index contributed by atoms with van der Waals surface area (Å²) in [5.41, 5.74) is 3.60. The number of nitrogens with one attached hydrogen (secondary N) is 2. The molecule has 0 aliphatic rings. The van der Waals surface area contributed by atoms with Gasteiger partial charge in [-0.15, -0.1) is 0 Å². The lowest BCUT2D eigenvalue weighted by atomic mass is 10.2. The average Bonchev–Trinajstić information content (AvgIpc) is 2.66. The maximum Gasteiger partial charge on any atom is 0.259 e. The fraction of sp³-hybridized carbons (Fsp3) is 0.167. The molecule has 2 rings (SSSR count). The van der Waals surface area contributed by atoms with E-state index in [0.717, 1.165) is 11.3 Å². The molecular weight excluding hydrogens is 322 g/mol. The van der Waals surface area contributed by atoms with Crippen LogP contribution in [0.1, 0.15) is 15.9 Å². The van der Waals surface area contributed by atoms with E-state index >= 15 is 0 Å². The van der Waals surface area contributed by atoms with E-state index in [1.807, 2.05) is 0 Å². The molecule has 0 aliphatic carbocycles. The van der Waals surface area contributed by atoms with Crippen molar-refractivity contribution in [2.24, 2.45) is 5.10 Å². The first-order chi connectivity index (χ1) is 12.1. The highest BCUT2D eigenvalue weighted by Crippen LogP contribution is 2.11. The van der Waals surface area contributed by atoms with Crippen molar-refractivity contribution in [1.82, 2.24) is 10.7 Å². The molecule has 0 bridgehead atoms. The van der Waals surface area contributed by atoms with Crippen molar-refractivity contribution in [3.05, 3.63) is 59.7 Å². The number of hydrogen-bond acceptors (Lipinski definition) is 5. The summed E-state index contributed by atoms with van der Waals surface area (Å²) in [6.45, 7) is -0.176. The molecule has 0 radical (unpaired) electrons. The summed E-state index contributed by atoms with van der Waals surface area (Å²) < 4.78 is 10.1. The molecule has 0 saturated carbocycles. The van der Waals surface area contributed by atoms with E-state index in [9.17, 15) is 9.59 Å². The lowest BCUT2D eigenvalue weighted by Crippen LogP contribution is -2.34. The summed E-state index contributed by atoms with van der Waals surface area (Å²) in [4.78, 5) is 23.6. The molecule has 0 aromatic heterocycles. The van der Waals surface area contributed by atoms with Crippen LogP contribution in [0.15, 0.2) is 53.6 Å². The lowest BCUT2D eigenvalue weighted by molar-refractivity contribution is -0.120. The van der Waals surface area contributed by atoms with E-state index in [1.54, 1.807) is 62.8 Å². The first-order valence-electron chi connectivity index (χ1n) is 7.50. The van der Waals surface area contributed by atoms with Gasteiger partial charge in [-0.1, -0.05) is 0 Å². The van der Waals surface area contributed by atoms with Crippen LogP contribution in [0.5, 0.6) is 11.5 Å². The van der Waals surface area contributed by atoms with Crippen LogP contribution >= 0.6 is 0 Å². The van der Waals surface area contributed by atoms with Crippen LogP contribution in [0.25, 0.3) is 0 Å². The molecule has 2 N–H and O–H groups in total. The third kappa shape index (κ3) is 5.65. The quantitative estimate of drug-likeness (QED) is 0.591. The Kier molecular flexibility index (Phi) is 6.53. The molecule has 25 heavy (non-hydrogen) atoms. The molecule has 0 spiro atoms. The van der Waals surface area contributed by atoms with Gasteiger partial charge < -0.3 is 14.8 Å². The second-order valence-electron chi connectivity index (χ2n) is 4.98. The number of benzene rings is 2. The molecule has 130 valence electrons. The zero-order valence-corrected chi connectivity index (χ0v) is 14.0. The Labute approximate surface area is 145 Å². The Morgan fingerprint density at radius 1 is 0.960 bits per heavy atom. The molecular formula is C18H19N3O4. The topological polar surface area (TPSA) is 89.0 Å². The van der Waals surface area contributed by atoms with Gasteiger partial charge in [0.05, 0.1) is 27.0 Å². The number of hydrogen-bond donors (Lipinski definition) is 2. The van der Waals surface area contributed by atoms with E-state index in [4.69, 9.17) is 9.47 Å². The number of methoxy groups -OCH3 is 2. The van der Waals surface area contributed by atoms with E-state index in [1.165, 1.54) is 6.21 Å².